The van der Waals surface area contributed by atoms with Gasteiger partial charge >= 0.3 is 6.18 Å². The van der Waals surface area contributed by atoms with Crippen molar-refractivity contribution in [3.05, 3.63) is 29.6 Å². The lowest BCUT2D eigenvalue weighted by Crippen LogP contribution is -2.37. The number of nitrogens with zero attached hydrogens (tertiary/aromatic N) is 5. The standard InChI is InChI=1S/C25H35F3N6/c1-4-15(2)34-22(13-21(31-34)16-10-20(25(26,27)28)24(29)30-14-16)23-18-11-17(12-19(18)23)33-7-5-6-32(3)8-9-33/h10,13-15,17-19,23H,4-9,11-12H2,1-3H3,(H2,29,30)/t15?,17?,18-,19+,23?. The molecule has 0 radical (unpaired) electrons. The van der Waals surface area contributed by atoms with Gasteiger partial charge in [0, 0.05) is 48.5 Å². The number of rotatable bonds is 5. The second kappa shape index (κ2) is 8.82. The summed E-state index contributed by atoms with van der Waals surface area (Å²) in [7, 11) is 2.20. The Morgan fingerprint density at radius 2 is 1.85 bits per heavy atom. The number of anilines is 1. The van der Waals surface area contributed by atoms with E-state index in [1.54, 1.807) is 0 Å². The summed E-state index contributed by atoms with van der Waals surface area (Å²) < 4.78 is 42.2. The molecule has 6 nitrogen and oxygen atoms in total. The predicted molar refractivity (Wildman–Crippen MR) is 126 cm³/mol. The van der Waals surface area contributed by atoms with Crippen molar-refractivity contribution < 1.29 is 13.2 Å². The summed E-state index contributed by atoms with van der Waals surface area (Å²) in [6.07, 6.45) is 1.42. The predicted octanol–water partition coefficient (Wildman–Crippen LogP) is 4.65. The third-order valence-corrected chi connectivity index (χ3v) is 8.32. The summed E-state index contributed by atoms with van der Waals surface area (Å²) in [5.41, 5.74) is 6.68. The molecule has 2 N–H and O–H groups in total. The first-order chi connectivity index (χ1) is 16.2. The molecule has 1 aliphatic heterocycles. The molecule has 9 heteroatoms. The van der Waals surface area contributed by atoms with Gasteiger partial charge < -0.3 is 10.6 Å². The Morgan fingerprint density at radius 3 is 2.53 bits per heavy atom. The van der Waals surface area contributed by atoms with E-state index in [0.717, 1.165) is 25.6 Å². The molecule has 0 bridgehead atoms. The molecule has 186 valence electrons. The molecule has 3 aliphatic rings. The second-order valence-electron chi connectivity index (χ2n) is 10.5. The molecule has 2 aromatic rings. The molecule has 3 heterocycles. The van der Waals surface area contributed by atoms with E-state index in [-0.39, 0.29) is 6.04 Å². The van der Waals surface area contributed by atoms with Crippen LogP contribution in [0, 0.1) is 11.8 Å². The van der Waals surface area contributed by atoms with Gasteiger partial charge in [-0.25, -0.2) is 4.98 Å². The molecule has 3 fully saturated rings. The minimum atomic E-state index is -4.54. The van der Waals surface area contributed by atoms with E-state index in [2.05, 4.69) is 40.4 Å². The maximum Gasteiger partial charge on any atom is 0.419 e. The SMILES string of the molecule is CCC(C)n1nc(-c2cnc(N)c(C(F)(F)F)c2)cc1C1[C@H]2CC(N3CCCN(C)CC3)C[C@@H]12. The maximum atomic E-state index is 13.4. The average molecular weight is 477 g/mol. The van der Waals surface area contributed by atoms with Gasteiger partial charge in [0.2, 0.25) is 0 Å². The first kappa shape index (κ1) is 23.6. The topological polar surface area (TPSA) is 63.2 Å². The monoisotopic (exact) mass is 476 g/mol. The quantitative estimate of drug-likeness (QED) is 0.681. The lowest BCUT2D eigenvalue weighted by molar-refractivity contribution is -0.137. The zero-order valence-electron chi connectivity index (χ0n) is 20.2. The molecule has 0 aromatic carbocycles. The summed E-state index contributed by atoms with van der Waals surface area (Å²) in [5.74, 6) is 1.24. The van der Waals surface area contributed by atoms with Crippen molar-refractivity contribution in [2.24, 2.45) is 11.8 Å². The van der Waals surface area contributed by atoms with Crippen molar-refractivity contribution in [3.63, 3.8) is 0 Å². The van der Waals surface area contributed by atoms with Gasteiger partial charge in [0.05, 0.1) is 11.3 Å². The number of hydrogen-bond donors (Lipinski definition) is 1. The van der Waals surface area contributed by atoms with Crippen LogP contribution in [0.5, 0.6) is 0 Å². The Kier molecular flexibility index (Phi) is 6.13. The zero-order chi connectivity index (χ0) is 24.2. The number of fused-ring (bicyclic) bond motifs is 1. The smallest absolute Gasteiger partial charge is 0.383 e. The summed E-state index contributed by atoms with van der Waals surface area (Å²) in [4.78, 5) is 8.92. The molecule has 1 saturated heterocycles. The van der Waals surface area contributed by atoms with Crippen molar-refractivity contribution in [1.29, 1.82) is 0 Å². The Hall–Kier alpha value is -2.13. The van der Waals surface area contributed by atoms with Crippen molar-refractivity contribution in [1.82, 2.24) is 24.6 Å². The molecule has 5 rings (SSSR count). The lowest BCUT2D eigenvalue weighted by atomic mass is 10.0. The van der Waals surface area contributed by atoms with Gasteiger partial charge in [-0.05, 0) is 76.7 Å². The fraction of sp³-hybridized carbons (Fsp3) is 0.680. The van der Waals surface area contributed by atoms with E-state index in [1.807, 2.05) is 6.07 Å². The van der Waals surface area contributed by atoms with E-state index in [0.29, 0.717) is 35.1 Å². The van der Waals surface area contributed by atoms with Gasteiger partial charge in [-0.2, -0.15) is 18.3 Å². The highest BCUT2D eigenvalue weighted by Gasteiger charge is 2.58. The molecule has 2 aliphatic carbocycles. The number of likely N-dealkylation sites (N-methyl/N-ethyl adjacent to an activating group) is 1. The molecule has 0 spiro atoms. The van der Waals surface area contributed by atoms with Crippen LogP contribution in [0.2, 0.25) is 0 Å². The highest BCUT2D eigenvalue weighted by Crippen LogP contribution is 2.64. The minimum absolute atomic E-state index is 0.186. The van der Waals surface area contributed by atoms with Gasteiger partial charge in [0.25, 0.3) is 0 Å². The highest BCUT2D eigenvalue weighted by atomic mass is 19.4. The van der Waals surface area contributed by atoms with Crippen molar-refractivity contribution in [2.75, 3.05) is 39.0 Å². The van der Waals surface area contributed by atoms with Crippen LogP contribution in [0.25, 0.3) is 11.3 Å². The average Bonchev–Trinajstić information content (AvgIpc) is 3.13. The molecular weight excluding hydrogens is 441 g/mol. The molecule has 2 aromatic heterocycles. The molecule has 0 amide bonds. The first-order valence-corrected chi connectivity index (χ1v) is 12.5. The van der Waals surface area contributed by atoms with Gasteiger partial charge in [-0.15, -0.1) is 0 Å². The normalized spacial score (nSPS) is 29.1. The van der Waals surface area contributed by atoms with Gasteiger partial charge in [0.1, 0.15) is 5.82 Å². The number of hydrogen-bond acceptors (Lipinski definition) is 5. The molecule has 5 atom stereocenters. The summed E-state index contributed by atoms with van der Waals surface area (Å²) in [5, 5.41) is 4.77. The number of nitrogen functional groups attached to an aromatic ring is 1. The van der Waals surface area contributed by atoms with Crippen LogP contribution >= 0.6 is 0 Å². The Balaban J connectivity index is 1.37. The number of pyridine rings is 1. The number of halogens is 3. The first-order valence-electron chi connectivity index (χ1n) is 12.5. The summed E-state index contributed by atoms with van der Waals surface area (Å²) >= 11 is 0. The van der Waals surface area contributed by atoms with Crippen LogP contribution in [0.4, 0.5) is 19.0 Å². The van der Waals surface area contributed by atoms with Crippen LogP contribution in [0.15, 0.2) is 18.3 Å². The summed E-state index contributed by atoms with van der Waals surface area (Å²) in [6.45, 7) is 8.87. The van der Waals surface area contributed by atoms with Crippen LogP contribution in [0.1, 0.15) is 62.7 Å². The van der Waals surface area contributed by atoms with Crippen LogP contribution in [-0.4, -0.2) is 63.8 Å². The largest absolute Gasteiger partial charge is 0.419 e. The molecule has 3 unspecified atom stereocenters. The third-order valence-electron chi connectivity index (χ3n) is 8.32. The van der Waals surface area contributed by atoms with Gasteiger partial charge in [-0.3, -0.25) is 9.58 Å². The van der Waals surface area contributed by atoms with E-state index in [1.165, 1.54) is 44.2 Å². The van der Waals surface area contributed by atoms with Crippen molar-refractivity contribution in [3.8, 4) is 11.3 Å². The molecule has 34 heavy (non-hydrogen) atoms. The van der Waals surface area contributed by atoms with E-state index in [9.17, 15) is 13.2 Å². The molecule has 2 saturated carbocycles. The van der Waals surface area contributed by atoms with Crippen LogP contribution in [0.3, 0.4) is 0 Å². The second-order valence-corrected chi connectivity index (χ2v) is 10.5. The van der Waals surface area contributed by atoms with Crippen LogP contribution < -0.4 is 5.73 Å². The molecular formula is C25H35F3N6. The number of nitrogens with two attached hydrogens (primary N) is 1. The van der Waals surface area contributed by atoms with E-state index < -0.39 is 17.6 Å². The summed E-state index contributed by atoms with van der Waals surface area (Å²) in [6, 6.07) is 3.92. The van der Waals surface area contributed by atoms with Gasteiger partial charge in [0.15, 0.2) is 0 Å². The van der Waals surface area contributed by atoms with Crippen molar-refractivity contribution in [2.45, 2.75) is 63.7 Å². The Labute approximate surface area is 199 Å². The van der Waals surface area contributed by atoms with Gasteiger partial charge in [-0.1, -0.05) is 6.92 Å². The van der Waals surface area contributed by atoms with Crippen LogP contribution in [-0.2, 0) is 6.18 Å². The lowest BCUT2D eigenvalue weighted by Gasteiger charge is -2.29. The number of aromatic nitrogens is 3. The maximum absolute atomic E-state index is 13.4. The fourth-order valence-corrected chi connectivity index (χ4v) is 6.15. The van der Waals surface area contributed by atoms with E-state index in [4.69, 9.17) is 10.8 Å². The zero-order valence-corrected chi connectivity index (χ0v) is 20.2. The third kappa shape index (κ3) is 4.33. The van der Waals surface area contributed by atoms with E-state index >= 15 is 0 Å². The fourth-order valence-electron chi connectivity index (χ4n) is 6.15. The number of alkyl halides is 3. The minimum Gasteiger partial charge on any atom is -0.383 e. The highest BCUT2D eigenvalue weighted by molar-refractivity contribution is 5.63. The Morgan fingerprint density at radius 1 is 1.12 bits per heavy atom. The Bertz CT molecular complexity index is 1020. The van der Waals surface area contributed by atoms with Crippen molar-refractivity contribution >= 4 is 5.82 Å².